The van der Waals surface area contributed by atoms with Crippen molar-refractivity contribution in [3.05, 3.63) is 64.8 Å². The number of aromatic nitrogens is 2. The minimum atomic E-state index is -4.17. The van der Waals surface area contributed by atoms with Crippen LogP contribution in [0.1, 0.15) is 5.56 Å². The molecule has 2 heterocycles. The fraction of sp³-hybridized carbons (Fsp3) is 0.158. The van der Waals surface area contributed by atoms with E-state index in [0.29, 0.717) is 11.1 Å². The molecular formula is C19H17N3O6S. The number of rotatable bonds is 6. The zero-order valence-electron chi connectivity index (χ0n) is 15.2. The van der Waals surface area contributed by atoms with E-state index in [1.165, 1.54) is 29.8 Å². The first-order valence-corrected chi connectivity index (χ1v) is 10.1. The lowest BCUT2D eigenvalue weighted by Gasteiger charge is -2.14. The van der Waals surface area contributed by atoms with Crippen molar-refractivity contribution in [3.8, 4) is 0 Å². The lowest BCUT2D eigenvalue weighted by atomic mass is 10.1. The summed E-state index contributed by atoms with van der Waals surface area (Å²) in [4.78, 5) is 26.2. The van der Waals surface area contributed by atoms with Gasteiger partial charge in [-0.2, -0.15) is 4.72 Å². The second kappa shape index (κ2) is 6.90. The van der Waals surface area contributed by atoms with Crippen LogP contribution in [0.2, 0.25) is 0 Å². The molecule has 0 bridgehead atoms. The van der Waals surface area contributed by atoms with Crippen molar-refractivity contribution in [2.75, 3.05) is 0 Å². The standard InChI is InChI=1S/C19H17N3O6S/c1-22-16-7-6-12(9-17(16)28-19(22)25)29(26,27)21-15(18(23)24)8-11-10-20-14-5-3-2-4-13(11)14/h2-7,9-10,15,20-21H,8H2,1H3,(H,23,24). The zero-order valence-corrected chi connectivity index (χ0v) is 16.1. The number of aromatic amines is 1. The number of aliphatic carboxylic acids is 1. The SMILES string of the molecule is Cn1c(=O)oc2cc(S(=O)(=O)NC(Cc3c[nH]c4ccccc34)C(=O)O)ccc21. The molecule has 0 spiro atoms. The number of carboxylic acid groups (broad SMARTS) is 1. The number of carbonyl (C=O) groups is 1. The van der Waals surface area contributed by atoms with Gasteiger partial charge in [0.05, 0.1) is 10.4 Å². The van der Waals surface area contributed by atoms with Crippen LogP contribution in [-0.4, -0.2) is 35.1 Å². The van der Waals surface area contributed by atoms with Gasteiger partial charge in [0.2, 0.25) is 10.0 Å². The average Bonchev–Trinajstić information content (AvgIpc) is 3.22. The molecule has 0 aliphatic carbocycles. The second-order valence-corrected chi connectivity index (χ2v) is 8.35. The first-order chi connectivity index (χ1) is 13.8. The van der Waals surface area contributed by atoms with Gasteiger partial charge in [-0.3, -0.25) is 9.36 Å². The maximum absolute atomic E-state index is 12.8. The highest BCUT2D eigenvalue weighted by Crippen LogP contribution is 2.21. The highest BCUT2D eigenvalue weighted by Gasteiger charge is 2.27. The van der Waals surface area contributed by atoms with Gasteiger partial charge < -0.3 is 14.5 Å². The number of benzene rings is 2. The molecule has 2 aromatic carbocycles. The van der Waals surface area contributed by atoms with Gasteiger partial charge in [-0.15, -0.1) is 0 Å². The summed E-state index contributed by atoms with van der Waals surface area (Å²) >= 11 is 0. The van der Waals surface area contributed by atoms with Gasteiger partial charge in [-0.25, -0.2) is 13.2 Å². The zero-order chi connectivity index (χ0) is 20.8. The van der Waals surface area contributed by atoms with Gasteiger partial charge >= 0.3 is 11.7 Å². The highest BCUT2D eigenvalue weighted by atomic mass is 32.2. The maximum Gasteiger partial charge on any atom is 0.419 e. The van der Waals surface area contributed by atoms with E-state index < -0.39 is 27.8 Å². The largest absolute Gasteiger partial charge is 0.480 e. The van der Waals surface area contributed by atoms with Gasteiger partial charge in [-0.05, 0) is 23.8 Å². The first kappa shape index (κ1) is 19.0. The Morgan fingerprint density at radius 3 is 2.79 bits per heavy atom. The average molecular weight is 415 g/mol. The molecule has 0 saturated heterocycles. The van der Waals surface area contributed by atoms with E-state index in [0.717, 1.165) is 10.9 Å². The molecule has 4 rings (SSSR count). The Morgan fingerprint density at radius 2 is 2.03 bits per heavy atom. The first-order valence-electron chi connectivity index (χ1n) is 8.66. The Morgan fingerprint density at radius 1 is 1.28 bits per heavy atom. The molecule has 0 aliphatic rings. The third kappa shape index (κ3) is 3.43. The number of hydrogen-bond acceptors (Lipinski definition) is 5. The van der Waals surface area contributed by atoms with Crippen molar-refractivity contribution in [3.63, 3.8) is 0 Å². The number of hydrogen-bond donors (Lipinski definition) is 3. The van der Waals surface area contributed by atoms with E-state index in [-0.39, 0.29) is 16.9 Å². The third-order valence-corrected chi connectivity index (χ3v) is 6.24. The fourth-order valence-electron chi connectivity index (χ4n) is 3.24. The summed E-state index contributed by atoms with van der Waals surface area (Å²) in [7, 11) is -2.67. The van der Waals surface area contributed by atoms with Gasteiger partial charge in [-0.1, -0.05) is 18.2 Å². The molecule has 1 unspecified atom stereocenters. The Labute approximate surface area is 164 Å². The predicted molar refractivity (Wildman–Crippen MR) is 105 cm³/mol. The molecule has 3 N–H and O–H groups in total. The molecule has 2 aromatic heterocycles. The van der Waals surface area contributed by atoms with Gasteiger partial charge in [0.25, 0.3) is 0 Å². The van der Waals surface area contributed by atoms with E-state index in [4.69, 9.17) is 4.42 Å². The van der Waals surface area contributed by atoms with Crippen molar-refractivity contribution in [1.82, 2.24) is 14.3 Å². The summed E-state index contributed by atoms with van der Waals surface area (Å²) in [5.74, 6) is -1.92. The van der Waals surface area contributed by atoms with Crippen LogP contribution >= 0.6 is 0 Å². The van der Waals surface area contributed by atoms with Crippen LogP contribution in [0.3, 0.4) is 0 Å². The molecule has 29 heavy (non-hydrogen) atoms. The summed E-state index contributed by atoms with van der Waals surface area (Å²) < 4.78 is 34.0. The van der Waals surface area contributed by atoms with Crippen LogP contribution < -0.4 is 10.5 Å². The Bertz CT molecular complexity index is 1400. The second-order valence-electron chi connectivity index (χ2n) is 6.63. The number of nitrogens with zero attached hydrogens (tertiary/aromatic N) is 1. The monoisotopic (exact) mass is 415 g/mol. The molecular weight excluding hydrogens is 398 g/mol. The summed E-state index contributed by atoms with van der Waals surface area (Å²) in [5, 5.41) is 10.4. The molecule has 0 fully saturated rings. The Kier molecular flexibility index (Phi) is 4.52. The number of sulfonamides is 1. The number of nitrogens with one attached hydrogen (secondary N) is 2. The number of H-pyrrole nitrogens is 1. The van der Waals surface area contributed by atoms with Crippen molar-refractivity contribution in [2.45, 2.75) is 17.4 Å². The minimum absolute atomic E-state index is 0.0404. The quantitative estimate of drug-likeness (QED) is 0.438. The van der Waals surface area contributed by atoms with Crippen molar-refractivity contribution < 1.29 is 22.7 Å². The van der Waals surface area contributed by atoms with Crippen molar-refractivity contribution in [1.29, 1.82) is 0 Å². The molecule has 0 amide bonds. The number of para-hydroxylation sites is 1. The molecule has 10 heteroatoms. The van der Waals surface area contributed by atoms with Gasteiger partial charge in [0, 0.05) is 36.6 Å². The molecule has 0 radical (unpaired) electrons. The van der Waals surface area contributed by atoms with Crippen molar-refractivity contribution >= 4 is 38.0 Å². The van der Waals surface area contributed by atoms with Crippen LogP contribution in [0, 0.1) is 0 Å². The number of fused-ring (bicyclic) bond motifs is 2. The van der Waals surface area contributed by atoms with E-state index in [2.05, 4.69) is 9.71 Å². The van der Waals surface area contributed by atoms with E-state index in [1.807, 2.05) is 24.3 Å². The van der Waals surface area contributed by atoms with Gasteiger partial charge in [0.15, 0.2) is 5.58 Å². The predicted octanol–water partition coefficient (Wildman–Crippen LogP) is 1.59. The van der Waals surface area contributed by atoms with Crippen LogP contribution in [0.4, 0.5) is 0 Å². The molecule has 0 aliphatic heterocycles. The molecule has 9 nitrogen and oxygen atoms in total. The third-order valence-electron chi connectivity index (χ3n) is 4.77. The highest BCUT2D eigenvalue weighted by molar-refractivity contribution is 7.89. The fourth-order valence-corrected chi connectivity index (χ4v) is 4.44. The smallest absolute Gasteiger partial charge is 0.419 e. The van der Waals surface area contributed by atoms with Gasteiger partial charge in [0.1, 0.15) is 6.04 Å². The topological polar surface area (TPSA) is 134 Å². The van der Waals surface area contributed by atoms with Crippen LogP contribution in [0.5, 0.6) is 0 Å². The Hall–Kier alpha value is -3.37. The number of carboxylic acids is 1. The lowest BCUT2D eigenvalue weighted by Crippen LogP contribution is -2.42. The summed E-state index contributed by atoms with van der Waals surface area (Å²) in [6, 6.07) is 9.90. The molecule has 4 aromatic rings. The number of aryl methyl sites for hydroxylation is 1. The minimum Gasteiger partial charge on any atom is -0.480 e. The summed E-state index contributed by atoms with van der Waals surface area (Å²) in [6.07, 6.45) is 1.63. The Balaban J connectivity index is 1.65. The van der Waals surface area contributed by atoms with Crippen LogP contribution in [0.25, 0.3) is 22.0 Å². The van der Waals surface area contributed by atoms with Crippen LogP contribution in [-0.2, 0) is 28.3 Å². The maximum atomic E-state index is 12.8. The van der Waals surface area contributed by atoms with E-state index in [9.17, 15) is 23.1 Å². The van der Waals surface area contributed by atoms with E-state index in [1.54, 1.807) is 6.20 Å². The lowest BCUT2D eigenvalue weighted by molar-refractivity contribution is -0.138. The molecule has 150 valence electrons. The summed E-state index contributed by atoms with van der Waals surface area (Å²) in [5.41, 5.74) is 2.05. The molecule has 1 atom stereocenters. The van der Waals surface area contributed by atoms with Crippen LogP contribution in [0.15, 0.2) is 62.8 Å². The number of oxazole rings is 1. The molecule has 0 saturated carbocycles. The summed E-state index contributed by atoms with van der Waals surface area (Å²) in [6.45, 7) is 0. The van der Waals surface area contributed by atoms with Crippen molar-refractivity contribution in [2.24, 2.45) is 7.05 Å². The normalized spacial score (nSPS) is 13.1. The van der Waals surface area contributed by atoms with E-state index >= 15 is 0 Å².